The number of aliphatic carboxylic acids is 1. The molecule has 0 radical (unpaired) electrons. The molecule has 0 saturated heterocycles. The highest BCUT2D eigenvalue weighted by atomic mass is 16.4. The number of carboxylic acids is 1. The van der Waals surface area contributed by atoms with Gasteiger partial charge in [-0.3, -0.25) is 4.79 Å². The van der Waals surface area contributed by atoms with Crippen LogP contribution in [0.4, 0.5) is 0 Å². The molecule has 4 aromatic rings. The van der Waals surface area contributed by atoms with Crippen LogP contribution in [0.25, 0.3) is 16.9 Å². The van der Waals surface area contributed by atoms with Crippen LogP contribution >= 0.6 is 0 Å². The maximum absolute atomic E-state index is 11.1. The number of carboxylic acid groups (broad SMARTS) is 1. The van der Waals surface area contributed by atoms with Gasteiger partial charge in [0.05, 0.1) is 5.69 Å². The summed E-state index contributed by atoms with van der Waals surface area (Å²) in [6.07, 6.45) is 0.440. The summed E-state index contributed by atoms with van der Waals surface area (Å²) in [5.41, 5.74) is 4.40. The van der Waals surface area contributed by atoms with Crippen molar-refractivity contribution >= 4 is 11.6 Å². The third-order valence-corrected chi connectivity index (χ3v) is 4.13. The second-order valence-corrected chi connectivity index (χ2v) is 6.01. The van der Waals surface area contributed by atoms with Gasteiger partial charge in [-0.25, -0.2) is 0 Å². The average Bonchev–Trinajstić information content (AvgIpc) is 3.06. The Balaban J connectivity index is 1.88. The molecule has 2 aromatic heterocycles. The summed E-state index contributed by atoms with van der Waals surface area (Å²) in [6.45, 7) is 0. The van der Waals surface area contributed by atoms with Gasteiger partial charge >= 0.3 is 5.97 Å². The smallest absolute Gasteiger partial charge is 0.311 e. The van der Waals surface area contributed by atoms with Gasteiger partial charge in [-0.05, 0) is 11.6 Å². The topological polar surface area (TPSA) is 80.4 Å². The summed E-state index contributed by atoms with van der Waals surface area (Å²) in [7, 11) is 0. The number of hydrogen-bond acceptors (Lipinski definition) is 4. The SMILES string of the molecule is O=C(O)Cc1nnc2c(Cc3ccccc3)cc(-c3ccccc3)nn12. The molecule has 26 heavy (non-hydrogen) atoms. The molecule has 0 aliphatic heterocycles. The second-order valence-electron chi connectivity index (χ2n) is 6.01. The number of carbonyl (C=O) groups is 1. The van der Waals surface area contributed by atoms with Gasteiger partial charge in [0.1, 0.15) is 6.42 Å². The van der Waals surface area contributed by atoms with Crippen molar-refractivity contribution in [2.75, 3.05) is 0 Å². The standard InChI is InChI=1S/C20H16N4O2/c25-19(26)13-18-21-22-20-16(11-14-7-3-1-4-8-14)12-17(23-24(18)20)15-9-5-2-6-10-15/h1-10,12H,11,13H2,(H,25,26). The van der Waals surface area contributed by atoms with Crippen molar-refractivity contribution in [3.63, 3.8) is 0 Å². The van der Waals surface area contributed by atoms with Gasteiger partial charge in [-0.15, -0.1) is 10.2 Å². The first-order valence-electron chi connectivity index (χ1n) is 8.26. The van der Waals surface area contributed by atoms with Crippen LogP contribution in [0.1, 0.15) is 17.0 Å². The molecule has 2 aromatic carbocycles. The molecule has 0 amide bonds. The highest BCUT2D eigenvalue weighted by Crippen LogP contribution is 2.22. The first-order valence-corrected chi connectivity index (χ1v) is 8.26. The zero-order chi connectivity index (χ0) is 17.9. The molecule has 0 saturated carbocycles. The van der Waals surface area contributed by atoms with Crippen molar-refractivity contribution in [3.05, 3.63) is 83.7 Å². The van der Waals surface area contributed by atoms with Gasteiger partial charge in [-0.2, -0.15) is 9.61 Å². The van der Waals surface area contributed by atoms with Gasteiger partial charge < -0.3 is 5.11 Å². The van der Waals surface area contributed by atoms with E-state index in [9.17, 15) is 4.79 Å². The molecule has 0 bridgehead atoms. The van der Waals surface area contributed by atoms with E-state index in [4.69, 9.17) is 5.11 Å². The average molecular weight is 344 g/mol. The van der Waals surface area contributed by atoms with Gasteiger partial charge in [0.25, 0.3) is 0 Å². The number of hydrogen-bond donors (Lipinski definition) is 1. The van der Waals surface area contributed by atoms with Crippen LogP contribution < -0.4 is 0 Å². The van der Waals surface area contributed by atoms with E-state index in [0.29, 0.717) is 17.9 Å². The van der Waals surface area contributed by atoms with E-state index in [-0.39, 0.29) is 6.42 Å². The van der Waals surface area contributed by atoms with Crippen molar-refractivity contribution in [2.45, 2.75) is 12.8 Å². The fourth-order valence-corrected chi connectivity index (χ4v) is 2.92. The zero-order valence-corrected chi connectivity index (χ0v) is 13.9. The van der Waals surface area contributed by atoms with Crippen LogP contribution in [0.5, 0.6) is 0 Å². The monoisotopic (exact) mass is 344 g/mol. The lowest BCUT2D eigenvalue weighted by atomic mass is 10.0. The molecule has 0 aliphatic rings. The van der Waals surface area contributed by atoms with Crippen molar-refractivity contribution in [1.82, 2.24) is 19.8 Å². The fourth-order valence-electron chi connectivity index (χ4n) is 2.92. The van der Waals surface area contributed by atoms with E-state index in [1.807, 2.05) is 66.7 Å². The maximum atomic E-state index is 11.1. The first kappa shape index (κ1) is 16.0. The minimum atomic E-state index is -0.962. The first-order chi connectivity index (χ1) is 12.7. The predicted molar refractivity (Wildman–Crippen MR) is 96.8 cm³/mol. The molecule has 4 rings (SSSR count). The Kier molecular flexibility index (Phi) is 4.15. The maximum Gasteiger partial charge on any atom is 0.311 e. The van der Waals surface area contributed by atoms with Crippen LogP contribution in [0.3, 0.4) is 0 Å². The van der Waals surface area contributed by atoms with Gasteiger partial charge in [-0.1, -0.05) is 60.7 Å². The van der Waals surface area contributed by atoms with Crippen LogP contribution in [-0.2, 0) is 17.6 Å². The molecule has 0 atom stereocenters. The minimum absolute atomic E-state index is 0.225. The van der Waals surface area contributed by atoms with E-state index < -0.39 is 5.97 Å². The van der Waals surface area contributed by atoms with E-state index in [1.54, 1.807) is 4.52 Å². The molecule has 0 fully saturated rings. The number of nitrogens with zero attached hydrogens (tertiary/aromatic N) is 4. The molecular formula is C20H16N4O2. The molecule has 0 unspecified atom stereocenters. The molecule has 2 heterocycles. The van der Waals surface area contributed by atoms with E-state index in [2.05, 4.69) is 15.3 Å². The number of rotatable bonds is 5. The lowest BCUT2D eigenvalue weighted by Gasteiger charge is -2.08. The largest absolute Gasteiger partial charge is 0.481 e. The Morgan fingerprint density at radius 1 is 0.962 bits per heavy atom. The molecule has 6 heteroatoms. The van der Waals surface area contributed by atoms with Crippen LogP contribution in [0, 0.1) is 0 Å². The molecule has 6 nitrogen and oxygen atoms in total. The molecule has 0 aliphatic carbocycles. The highest BCUT2D eigenvalue weighted by Gasteiger charge is 2.16. The third-order valence-electron chi connectivity index (χ3n) is 4.13. The molecule has 128 valence electrons. The van der Waals surface area contributed by atoms with E-state index in [1.165, 1.54) is 0 Å². The second kappa shape index (κ2) is 6.76. The Labute approximate surface area is 149 Å². The van der Waals surface area contributed by atoms with E-state index in [0.717, 1.165) is 22.4 Å². The Morgan fingerprint density at radius 2 is 1.65 bits per heavy atom. The van der Waals surface area contributed by atoms with Crippen molar-refractivity contribution in [3.8, 4) is 11.3 Å². The fraction of sp³-hybridized carbons (Fsp3) is 0.100. The normalized spacial score (nSPS) is 10.9. The van der Waals surface area contributed by atoms with E-state index >= 15 is 0 Å². The van der Waals surface area contributed by atoms with Gasteiger partial charge in [0.15, 0.2) is 11.5 Å². The van der Waals surface area contributed by atoms with Gasteiger partial charge in [0, 0.05) is 17.5 Å². The predicted octanol–water partition coefficient (Wildman–Crippen LogP) is 3.01. The number of aromatic nitrogens is 4. The third kappa shape index (κ3) is 3.17. The molecular weight excluding hydrogens is 328 g/mol. The number of benzene rings is 2. The summed E-state index contributed by atoms with van der Waals surface area (Å²) in [6, 6.07) is 21.8. The molecule has 1 N–H and O–H groups in total. The zero-order valence-electron chi connectivity index (χ0n) is 13.9. The summed E-state index contributed by atoms with van der Waals surface area (Å²) >= 11 is 0. The Morgan fingerprint density at radius 3 is 2.35 bits per heavy atom. The van der Waals surface area contributed by atoms with Gasteiger partial charge in [0.2, 0.25) is 0 Å². The van der Waals surface area contributed by atoms with Crippen molar-refractivity contribution in [1.29, 1.82) is 0 Å². The number of fused-ring (bicyclic) bond motifs is 1. The van der Waals surface area contributed by atoms with Crippen LogP contribution in [0.15, 0.2) is 66.7 Å². The lowest BCUT2D eigenvalue weighted by Crippen LogP contribution is -2.08. The Hall–Kier alpha value is -3.54. The lowest BCUT2D eigenvalue weighted by molar-refractivity contribution is -0.136. The summed E-state index contributed by atoms with van der Waals surface area (Å²) < 4.78 is 1.55. The quantitative estimate of drug-likeness (QED) is 0.602. The summed E-state index contributed by atoms with van der Waals surface area (Å²) in [5.74, 6) is -0.643. The Bertz CT molecular complexity index is 1060. The molecule has 0 spiro atoms. The highest BCUT2D eigenvalue weighted by molar-refractivity contribution is 5.70. The minimum Gasteiger partial charge on any atom is -0.481 e. The van der Waals surface area contributed by atoms with Crippen molar-refractivity contribution < 1.29 is 9.90 Å². The summed E-state index contributed by atoms with van der Waals surface area (Å²) in [4.78, 5) is 11.1. The van der Waals surface area contributed by atoms with Crippen LogP contribution in [-0.4, -0.2) is 30.9 Å². The summed E-state index contributed by atoms with van der Waals surface area (Å²) in [5, 5.41) is 21.9. The van der Waals surface area contributed by atoms with Crippen molar-refractivity contribution in [2.24, 2.45) is 0 Å². The van der Waals surface area contributed by atoms with Crippen LogP contribution in [0.2, 0.25) is 0 Å².